The van der Waals surface area contributed by atoms with Gasteiger partial charge in [0.1, 0.15) is 0 Å². The van der Waals surface area contributed by atoms with E-state index >= 15 is 0 Å². The number of benzene rings is 1. The van der Waals surface area contributed by atoms with Crippen LogP contribution in [0.15, 0.2) is 22.7 Å². The van der Waals surface area contributed by atoms with Gasteiger partial charge >= 0.3 is 0 Å². The second-order valence-electron chi connectivity index (χ2n) is 6.37. The lowest BCUT2D eigenvalue weighted by Crippen LogP contribution is -2.36. The Balaban J connectivity index is 2.27. The van der Waals surface area contributed by atoms with E-state index in [-0.39, 0.29) is 0 Å². The molecule has 20 heavy (non-hydrogen) atoms. The molecule has 1 N–H and O–H groups in total. The van der Waals surface area contributed by atoms with E-state index in [9.17, 15) is 5.11 Å². The maximum Gasteiger partial charge on any atom is 0.0762 e. The van der Waals surface area contributed by atoms with Gasteiger partial charge in [-0.05, 0) is 59.3 Å². The molecule has 0 amide bonds. The lowest BCUT2D eigenvalue weighted by molar-refractivity contribution is 0.199. The lowest BCUT2D eigenvalue weighted by Gasteiger charge is -2.34. The number of aliphatic hydroxyl groups is 1. The molecule has 1 saturated carbocycles. The highest BCUT2D eigenvalue weighted by atomic mass is 79.9. The van der Waals surface area contributed by atoms with Gasteiger partial charge in [0.05, 0.1) is 11.8 Å². The molecule has 3 heteroatoms. The Morgan fingerprint density at radius 1 is 1.25 bits per heavy atom. The second-order valence-corrected chi connectivity index (χ2v) is 7.23. The molecular formula is C17H26BrNO. The molecule has 0 heterocycles. The van der Waals surface area contributed by atoms with Crippen LogP contribution in [0.5, 0.6) is 0 Å². The standard InChI is InChI=1S/C17H26BrNO/c1-12(2)11-19(15-6-4-5-7-15)17-9-8-14(13(3)20)10-16(17)18/h8-10,12-13,15,20H,4-7,11H2,1-3H3/t13-/m1/s1. The number of hydrogen-bond donors (Lipinski definition) is 1. The summed E-state index contributed by atoms with van der Waals surface area (Å²) in [6, 6.07) is 6.94. The predicted molar refractivity (Wildman–Crippen MR) is 89.2 cm³/mol. The van der Waals surface area contributed by atoms with E-state index in [1.807, 2.05) is 13.0 Å². The Labute approximate surface area is 131 Å². The number of hydrogen-bond acceptors (Lipinski definition) is 2. The Kier molecular flexibility index (Phi) is 5.50. The molecule has 0 aliphatic heterocycles. The van der Waals surface area contributed by atoms with Crippen LogP contribution in [0.1, 0.15) is 58.1 Å². The SMILES string of the molecule is CC(C)CN(c1ccc([C@@H](C)O)cc1Br)C1CCCC1. The molecular weight excluding hydrogens is 314 g/mol. The molecule has 0 spiro atoms. The molecule has 0 unspecified atom stereocenters. The van der Waals surface area contributed by atoms with Crippen LogP contribution in [-0.4, -0.2) is 17.7 Å². The van der Waals surface area contributed by atoms with Crippen molar-refractivity contribution in [3.63, 3.8) is 0 Å². The zero-order valence-corrected chi connectivity index (χ0v) is 14.4. The fourth-order valence-corrected chi connectivity index (χ4v) is 3.69. The van der Waals surface area contributed by atoms with Gasteiger partial charge < -0.3 is 10.0 Å². The highest BCUT2D eigenvalue weighted by Gasteiger charge is 2.25. The van der Waals surface area contributed by atoms with Gasteiger partial charge in [0, 0.05) is 17.1 Å². The zero-order chi connectivity index (χ0) is 14.7. The van der Waals surface area contributed by atoms with Gasteiger partial charge in [-0.3, -0.25) is 0 Å². The van der Waals surface area contributed by atoms with Crippen molar-refractivity contribution in [3.05, 3.63) is 28.2 Å². The average Bonchev–Trinajstić information content (AvgIpc) is 2.89. The monoisotopic (exact) mass is 339 g/mol. The summed E-state index contributed by atoms with van der Waals surface area (Å²) in [5, 5.41) is 9.70. The Hall–Kier alpha value is -0.540. The normalized spacial score (nSPS) is 17.7. The lowest BCUT2D eigenvalue weighted by atomic mass is 10.1. The molecule has 1 fully saturated rings. The minimum atomic E-state index is -0.412. The molecule has 1 aliphatic rings. The van der Waals surface area contributed by atoms with Gasteiger partial charge in [0.15, 0.2) is 0 Å². The van der Waals surface area contributed by atoms with E-state index in [4.69, 9.17) is 0 Å². The van der Waals surface area contributed by atoms with E-state index in [1.165, 1.54) is 31.4 Å². The van der Waals surface area contributed by atoms with Gasteiger partial charge in [-0.1, -0.05) is 32.8 Å². The summed E-state index contributed by atoms with van der Waals surface area (Å²) in [5.41, 5.74) is 2.24. The molecule has 0 radical (unpaired) electrons. The van der Waals surface area contributed by atoms with Crippen LogP contribution in [-0.2, 0) is 0 Å². The molecule has 1 aromatic carbocycles. The smallest absolute Gasteiger partial charge is 0.0762 e. The van der Waals surface area contributed by atoms with Gasteiger partial charge in [0.25, 0.3) is 0 Å². The fraction of sp³-hybridized carbons (Fsp3) is 0.647. The van der Waals surface area contributed by atoms with Crippen LogP contribution in [0.4, 0.5) is 5.69 Å². The molecule has 1 atom stereocenters. The predicted octanol–water partition coefficient (Wildman–Crippen LogP) is 4.91. The van der Waals surface area contributed by atoms with Crippen molar-refractivity contribution >= 4 is 21.6 Å². The Morgan fingerprint density at radius 2 is 1.90 bits per heavy atom. The first-order valence-electron chi connectivity index (χ1n) is 7.73. The first-order valence-corrected chi connectivity index (χ1v) is 8.52. The first-order chi connectivity index (χ1) is 9.49. The molecule has 1 aliphatic carbocycles. The Morgan fingerprint density at radius 3 is 2.40 bits per heavy atom. The van der Waals surface area contributed by atoms with Crippen molar-refractivity contribution in [2.75, 3.05) is 11.4 Å². The Bertz CT molecular complexity index is 439. The minimum absolute atomic E-state index is 0.412. The largest absolute Gasteiger partial charge is 0.389 e. The maximum absolute atomic E-state index is 9.70. The topological polar surface area (TPSA) is 23.5 Å². The maximum atomic E-state index is 9.70. The number of rotatable bonds is 5. The molecule has 2 nitrogen and oxygen atoms in total. The molecule has 1 aromatic rings. The van der Waals surface area contributed by atoms with Crippen molar-refractivity contribution in [2.45, 2.75) is 58.6 Å². The van der Waals surface area contributed by atoms with Crippen LogP contribution in [0.2, 0.25) is 0 Å². The number of aliphatic hydroxyl groups excluding tert-OH is 1. The fourth-order valence-electron chi connectivity index (χ4n) is 3.07. The highest BCUT2D eigenvalue weighted by molar-refractivity contribution is 9.10. The van der Waals surface area contributed by atoms with Crippen molar-refractivity contribution in [1.82, 2.24) is 0 Å². The molecule has 112 valence electrons. The minimum Gasteiger partial charge on any atom is -0.389 e. The van der Waals surface area contributed by atoms with Crippen LogP contribution < -0.4 is 4.90 Å². The molecule has 0 saturated heterocycles. The third kappa shape index (κ3) is 3.76. The zero-order valence-electron chi connectivity index (χ0n) is 12.8. The van der Waals surface area contributed by atoms with Gasteiger partial charge in [-0.15, -0.1) is 0 Å². The number of nitrogens with zero attached hydrogens (tertiary/aromatic N) is 1. The molecule has 2 rings (SSSR count). The van der Waals surface area contributed by atoms with Gasteiger partial charge in [-0.25, -0.2) is 0 Å². The van der Waals surface area contributed by atoms with E-state index in [0.29, 0.717) is 12.0 Å². The van der Waals surface area contributed by atoms with E-state index in [0.717, 1.165) is 16.6 Å². The van der Waals surface area contributed by atoms with Crippen LogP contribution in [0.25, 0.3) is 0 Å². The van der Waals surface area contributed by atoms with Crippen LogP contribution in [0, 0.1) is 5.92 Å². The second kappa shape index (κ2) is 6.95. The van der Waals surface area contributed by atoms with Crippen molar-refractivity contribution < 1.29 is 5.11 Å². The molecule has 0 aromatic heterocycles. The average molecular weight is 340 g/mol. The third-order valence-electron chi connectivity index (χ3n) is 4.09. The summed E-state index contributed by atoms with van der Waals surface area (Å²) in [5.74, 6) is 0.652. The molecule has 0 bridgehead atoms. The van der Waals surface area contributed by atoms with E-state index in [2.05, 4.69) is 46.8 Å². The van der Waals surface area contributed by atoms with Gasteiger partial charge in [0.2, 0.25) is 0 Å². The van der Waals surface area contributed by atoms with Crippen LogP contribution >= 0.6 is 15.9 Å². The summed E-state index contributed by atoms with van der Waals surface area (Å²) in [6.07, 6.45) is 4.89. The summed E-state index contributed by atoms with van der Waals surface area (Å²) in [7, 11) is 0. The van der Waals surface area contributed by atoms with E-state index in [1.54, 1.807) is 0 Å². The highest BCUT2D eigenvalue weighted by Crippen LogP contribution is 2.35. The van der Waals surface area contributed by atoms with E-state index < -0.39 is 6.10 Å². The summed E-state index contributed by atoms with van der Waals surface area (Å²) >= 11 is 3.70. The van der Waals surface area contributed by atoms with Crippen molar-refractivity contribution in [2.24, 2.45) is 5.92 Å². The van der Waals surface area contributed by atoms with Crippen molar-refractivity contribution in [1.29, 1.82) is 0 Å². The summed E-state index contributed by atoms with van der Waals surface area (Å²) in [4.78, 5) is 2.56. The summed E-state index contributed by atoms with van der Waals surface area (Å²) in [6.45, 7) is 7.46. The number of halogens is 1. The van der Waals surface area contributed by atoms with Crippen LogP contribution in [0.3, 0.4) is 0 Å². The first kappa shape index (κ1) is 15.8. The number of anilines is 1. The van der Waals surface area contributed by atoms with Crippen molar-refractivity contribution in [3.8, 4) is 0 Å². The van der Waals surface area contributed by atoms with Gasteiger partial charge in [-0.2, -0.15) is 0 Å². The summed E-state index contributed by atoms with van der Waals surface area (Å²) < 4.78 is 1.10. The quantitative estimate of drug-likeness (QED) is 0.823. The third-order valence-corrected chi connectivity index (χ3v) is 4.73.